The Bertz CT molecular complexity index is 543. The molecule has 1 aliphatic heterocycles. The van der Waals surface area contributed by atoms with Crippen LogP contribution in [-0.2, 0) is 16.1 Å². The van der Waals surface area contributed by atoms with Gasteiger partial charge in [0.2, 0.25) is 0 Å². The maximum Gasteiger partial charge on any atom is 0.410 e. The molecule has 1 aromatic rings. The van der Waals surface area contributed by atoms with Gasteiger partial charge in [-0.1, -0.05) is 50.1 Å². The summed E-state index contributed by atoms with van der Waals surface area (Å²) in [6.45, 7) is 4.12. The maximum atomic E-state index is 12.7. The molecule has 1 amide bonds. The highest BCUT2D eigenvalue weighted by atomic mass is 16.6. The Labute approximate surface area is 151 Å². The molecule has 2 unspecified atom stereocenters. The van der Waals surface area contributed by atoms with E-state index in [0.29, 0.717) is 13.0 Å². The predicted molar refractivity (Wildman–Crippen MR) is 99.3 cm³/mol. The first-order valence-electron chi connectivity index (χ1n) is 9.60. The first-order chi connectivity index (χ1) is 12.1. The molecular weight excluding hydrogens is 314 g/mol. The van der Waals surface area contributed by atoms with Gasteiger partial charge in [-0.2, -0.15) is 0 Å². The van der Waals surface area contributed by atoms with Gasteiger partial charge in [0, 0.05) is 18.5 Å². The Morgan fingerprint density at radius 2 is 1.72 bits per heavy atom. The molecule has 138 valence electrons. The van der Waals surface area contributed by atoms with Crippen molar-refractivity contribution in [2.45, 2.75) is 83.9 Å². The average Bonchev–Trinajstić information content (AvgIpc) is 3.01. The lowest BCUT2D eigenvalue weighted by molar-refractivity contribution is -0.117. The lowest BCUT2D eigenvalue weighted by Gasteiger charge is -2.30. The lowest BCUT2D eigenvalue weighted by atomic mass is 10.1. The number of carbonyl (C=O) groups excluding carboxylic acids is 2. The molecule has 0 aromatic heterocycles. The number of ether oxygens (including phenoxy) is 1. The van der Waals surface area contributed by atoms with Gasteiger partial charge in [0.05, 0.1) is 0 Å². The number of amides is 1. The Morgan fingerprint density at radius 1 is 1.08 bits per heavy atom. The predicted octanol–water partition coefficient (Wildman–Crippen LogP) is 5.11. The van der Waals surface area contributed by atoms with E-state index < -0.39 is 0 Å². The average molecular weight is 345 g/mol. The second kappa shape index (κ2) is 10.2. The molecule has 0 radical (unpaired) electrons. The molecule has 0 spiro atoms. The topological polar surface area (TPSA) is 46.6 Å². The number of benzene rings is 1. The summed E-state index contributed by atoms with van der Waals surface area (Å²) in [6, 6.07) is 10.3. The number of hydrogen-bond acceptors (Lipinski definition) is 3. The van der Waals surface area contributed by atoms with Gasteiger partial charge in [-0.25, -0.2) is 4.79 Å². The number of ketones is 1. The molecule has 1 aliphatic rings. The first-order valence-corrected chi connectivity index (χ1v) is 9.60. The highest BCUT2D eigenvalue weighted by Gasteiger charge is 2.37. The zero-order chi connectivity index (χ0) is 18.1. The Balaban J connectivity index is 1.94. The SMILES string of the molecule is CCCCC1CCC(CCCC(C)=O)N1C(=O)OCc1ccccc1. The van der Waals surface area contributed by atoms with Crippen molar-refractivity contribution in [3.05, 3.63) is 35.9 Å². The first kappa shape index (κ1) is 19.5. The number of nitrogens with zero attached hydrogens (tertiary/aromatic N) is 1. The molecule has 0 bridgehead atoms. The van der Waals surface area contributed by atoms with Crippen LogP contribution in [0.1, 0.15) is 70.8 Å². The van der Waals surface area contributed by atoms with Gasteiger partial charge < -0.3 is 14.4 Å². The number of carbonyl (C=O) groups is 2. The standard InChI is InChI=1S/C21H31NO3/c1-3-4-12-19-14-15-20(13-8-9-17(2)23)22(19)21(24)25-16-18-10-6-5-7-11-18/h5-7,10-11,19-20H,3-4,8-9,12-16H2,1-2H3. The van der Waals surface area contributed by atoms with Crippen molar-refractivity contribution in [1.29, 1.82) is 0 Å². The lowest BCUT2D eigenvalue weighted by Crippen LogP contribution is -2.41. The Hall–Kier alpha value is -1.84. The van der Waals surface area contributed by atoms with Crippen LogP contribution in [0.25, 0.3) is 0 Å². The third-order valence-corrected chi connectivity index (χ3v) is 4.99. The van der Waals surface area contributed by atoms with E-state index in [1.165, 1.54) is 0 Å². The van der Waals surface area contributed by atoms with Crippen molar-refractivity contribution >= 4 is 11.9 Å². The zero-order valence-corrected chi connectivity index (χ0v) is 15.6. The second-order valence-electron chi connectivity index (χ2n) is 7.07. The van der Waals surface area contributed by atoms with Crippen molar-refractivity contribution in [2.24, 2.45) is 0 Å². The fraction of sp³-hybridized carbons (Fsp3) is 0.619. The van der Waals surface area contributed by atoms with Crippen molar-refractivity contribution in [1.82, 2.24) is 4.90 Å². The Kier molecular flexibility index (Phi) is 7.96. The number of hydrogen-bond donors (Lipinski definition) is 0. The van der Waals surface area contributed by atoms with Crippen LogP contribution in [0, 0.1) is 0 Å². The van der Waals surface area contributed by atoms with Gasteiger partial charge in [0.15, 0.2) is 0 Å². The van der Waals surface area contributed by atoms with Crippen LogP contribution >= 0.6 is 0 Å². The third-order valence-electron chi connectivity index (χ3n) is 4.99. The van der Waals surface area contributed by atoms with Crippen LogP contribution in [0.15, 0.2) is 30.3 Å². The monoisotopic (exact) mass is 345 g/mol. The molecule has 25 heavy (non-hydrogen) atoms. The number of unbranched alkanes of at least 4 members (excludes halogenated alkanes) is 1. The van der Waals surface area contributed by atoms with E-state index in [1.54, 1.807) is 6.92 Å². The van der Waals surface area contributed by atoms with E-state index in [2.05, 4.69) is 6.92 Å². The Morgan fingerprint density at radius 3 is 2.32 bits per heavy atom. The fourth-order valence-electron chi connectivity index (χ4n) is 3.65. The fourth-order valence-corrected chi connectivity index (χ4v) is 3.65. The minimum atomic E-state index is -0.199. The van der Waals surface area contributed by atoms with Gasteiger partial charge in [-0.05, 0) is 44.6 Å². The van der Waals surface area contributed by atoms with E-state index in [-0.39, 0.29) is 24.0 Å². The molecule has 0 N–H and O–H groups in total. The van der Waals surface area contributed by atoms with Gasteiger partial charge in [-0.15, -0.1) is 0 Å². The van der Waals surface area contributed by atoms with E-state index in [0.717, 1.165) is 50.5 Å². The van der Waals surface area contributed by atoms with Crippen LogP contribution in [0.5, 0.6) is 0 Å². The molecule has 2 atom stereocenters. The highest BCUT2D eigenvalue weighted by molar-refractivity contribution is 5.75. The summed E-state index contributed by atoms with van der Waals surface area (Å²) in [5, 5.41) is 0. The van der Waals surface area contributed by atoms with Gasteiger partial charge in [0.25, 0.3) is 0 Å². The van der Waals surface area contributed by atoms with Crippen molar-refractivity contribution < 1.29 is 14.3 Å². The minimum Gasteiger partial charge on any atom is -0.445 e. The summed E-state index contributed by atoms with van der Waals surface area (Å²) in [7, 11) is 0. The molecule has 0 aliphatic carbocycles. The van der Waals surface area contributed by atoms with Crippen LogP contribution in [0.4, 0.5) is 4.79 Å². The molecule has 2 rings (SSSR count). The van der Waals surface area contributed by atoms with E-state index >= 15 is 0 Å². The van der Waals surface area contributed by atoms with Crippen LogP contribution in [-0.4, -0.2) is 28.9 Å². The van der Waals surface area contributed by atoms with Crippen molar-refractivity contribution in [2.75, 3.05) is 0 Å². The maximum absolute atomic E-state index is 12.7. The molecule has 4 heteroatoms. The van der Waals surface area contributed by atoms with Gasteiger partial charge in [0.1, 0.15) is 12.4 Å². The summed E-state index contributed by atoms with van der Waals surface area (Å²) in [5.41, 5.74) is 1.01. The van der Waals surface area contributed by atoms with Crippen LogP contribution in [0.3, 0.4) is 0 Å². The van der Waals surface area contributed by atoms with Gasteiger partial charge in [-0.3, -0.25) is 0 Å². The largest absolute Gasteiger partial charge is 0.445 e. The molecule has 4 nitrogen and oxygen atoms in total. The number of likely N-dealkylation sites (tertiary alicyclic amines) is 1. The van der Waals surface area contributed by atoms with Crippen LogP contribution < -0.4 is 0 Å². The summed E-state index contributed by atoms with van der Waals surface area (Å²) in [6.07, 6.45) is 7.52. The molecule has 1 heterocycles. The van der Waals surface area contributed by atoms with E-state index in [4.69, 9.17) is 4.74 Å². The van der Waals surface area contributed by atoms with Crippen LogP contribution in [0.2, 0.25) is 0 Å². The number of Topliss-reactive ketones (excluding diaryl/α,β-unsaturated/α-hetero) is 1. The molecule has 0 saturated carbocycles. The van der Waals surface area contributed by atoms with Gasteiger partial charge >= 0.3 is 6.09 Å². The summed E-state index contributed by atoms with van der Waals surface area (Å²) >= 11 is 0. The summed E-state index contributed by atoms with van der Waals surface area (Å²) < 4.78 is 5.60. The molecule has 1 saturated heterocycles. The minimum absolute atomic E-state index is 0.199. The summed E-state index contributed by atoms with van der Waals surface area (Å²) in [5.74, 6) is 0.221. The number of rotatable bonds is 9. The smallest absolute Gasteiger partial charge is 0.410 e. The van der Waals surface area contributed by atoms with Crippen molar-refractivity contribution in [3.8, 4) is 0 Å². The quantitative estimate of drug-likeness (QED) is 0.625. The third kappa shape index (κ3) is 6.18. The highest BCUT2D eigenvalue weighted by Crippen LogP contribution is 2.31. The molecule has 1 fully saturated rings. The van der Waals surface area contributed by atoms with E-state index in [1.807, 2.05) is 35.2 Å². The van der Waals surface area contributed by atoms with E-state index in [9.17, 15) is 9.59 Å². The molecular formula is C21H31NO3. The molecule has 1 aromatic carbocycles. The summed E-state index contributed by atoms with van der Waals surface area (Å²) in [4.78, 5) is 25.9. The van der Waals surface area contributed by atoms with Crippen molar-refractivity contribution in [3.63, 3.8) is 0 Å². The second-order valence-corrected chi connectivity index (χ2v) is 7.07. The normalized spacial score (nSPS) is 19.8. The zero-order valence-electron chi connectivity index (χ0n) is 15.6.